The van der Waals surface area contributed by atoms with Gasteiger partial charge in [-0.3, -0.25) is 4.79 Å². The number of nitrogens with zero attached hydrogens (tertiary/aromatic N) is 1. The Balaban J connectivity index is 2.01. The summed E-state index contributed by atoms with van der Waals surface area (Å²) in [6.07, 6.45) is 0.804. The number of para-hydroxylation sites is 1. The monoisotopic (exact) mass is 420 g/mol. The quantitative estimate of drug-likeness (QED) is 0.521. The minimum absolute atomic E-state index is 0.363. The third-order valence-corrected chi connectivity index (χ3v) is 4.06. The van der Waals surface area contributed by atoms with E-state index in [4.69, 9.17) is 14.2 Å². The summed E-state index contributed by atoms with van der Waals surface area (Å²) in [7, 11) is 1.58. The van der Waals surface area contributed by atoms with Gasteiger partial charge in [-0.15, -0.1) is 0 Å². The lowest BCUT2D eigenvalue weighted by atomic mass is 10.2. The number of halogens is 1. The van der Waals surface area contributed by atoms with E-state index in [0.29, 0.717) is 29.4 Å². The molecule has 0 unspecified atom stereocenters. The molecule has 0 aliphatic carbocycles. The number of hydrazone groups is 1. The van der Waals surface area contributed by atoms with Crippen molar-refractivity contribution >= 4 is 28.1 Å². The molecule has 1 amide bonds. The summed E-state index contributed by atoms with van der Waals surface area (Å²) in [6, 6.07) is 12.7. The fourth-order valence-electron chi connectivity index (χ4n) is 2.08. The molecule has 0 spiro atoms. The van der Waals surface area contributed by atoms with Crippen molar-refractivity contribution in [1.82, 2.24) is 5.43 Å². The van der Waals surface area contributed by atoms with Crippen LogP contribution in [0.1, 0.15) is 19.4 Å². The summed E-state index contributed by atoms with van der Waals surface area (Å²) in [5, 5.41) is 3.99. The van der Waals surface area contributed by atoms with Gasteiger partial charge in [0.15, 0.2) is 6.10 Å². The number of benzene rings is 2. The summed E-state index contributed by atoms with van der Waals surface area (Å²) in [4.78, 5) is 12.2. The second kappa shape index (κ2) is 9.82. The number of carbonyl (C=O) groups excluding carboxylic acids is 1. The lowest BCUT2D eigenvalue weighted by Crippen LogP contribution is -2.33. The number of nitrogens with one attached hydrogen (secondary N) is 1. The van der Waals surface area contributed by atoms with Crippen LogP contribution in [-0.4, -0.2) is 31.9 Å². The molecule has 26 heavy (non-hydrogen) atoms. The van der Waals surface area contributed by atoms with Crippen molar-refractivity contribution in [2.75, 3.05) is 13.7 Å². The summed E-state index contributed by atoms with van der Waals surface area (Å²) < 4.78 is 17.2. The summed E-state index contributed by atoms with van der Waals surface area (Å²) >= 11 is 3.38. The van der Waals surface area contributed by atoms with E-state index in [1.165, 1.54) is 6.21 Å². The zero-order valence-electron chi connectivity index (χ0n) is 14.9. The predicted octanol–water partition coefficient (Wildman–Crippen LogP) is 3.77. The van der Waals surface area contributed by atoms with Crippen molar-refractivity contribution in [2.24, 2.45) is 5.10 Å². The van der Waals surface area contributed by atoms with Crippen LogP contribution in [0.2, 0.25) is 0 Å². The van der Waals surface area contributed by atoms with E-state index in [1.54, 1.807) is 38.3 Å². The summed E-state index contributed by atoms with van der Waals surface area (Å²) in [5.74, 6) is 1.55. The maximum Gasteiger partial charge on any atom is 0.280 e. The van der Waals surface area contributed by atoms with Gasteiger partial charge in [-0.1, -0.05) is 12.1 Å². The first-order chi connectivity index (χ1) is 12.5. The molecule has 0 radical (unpaired) electrons. The highest BCUT2D eigenvalue weighted by molar-refractivity contribution is 9.10. The maximum absolute atomic E-state index is 12.2. The van der Waals surface area contributed by atoms with Crippen LogP contribution in [0.4, 0.5) is 0 Å². The van der Waals surface area contributed by atoms with Crippen molar-refractivity contribution in [3.63, 3.8) is 0 Å². The normalized spacial score (nSPS) is 11.8. The highest BCUT2D eigenvalue weighted by atomic mass is 79.9. The fourth-order valence-corrected chi connectivity index (χ4v) is 2.46. The van der Waals surface area contributed by atoms with Crippen molar-refractivity contribution in [2.45, 2.75) is 20.0 Å². The van der Waals surface area contributed by atoms with Gasteiger partial charge in [0.1, 0.15) is 17.2 Å². The molecule has 0 aromatic heterocycles. The molecule has 0 heterocycles. The molecular weight excluding hydrogens is 400 g/mol. The van der Waals surface area contributed by atoms with Crippen LogP contribution < -0.4 is 19.6 Å². The Hall–Kier alpha value is -2.54. The van der Waals surface area contributed by atoms with Gasteiger partial charge in [-0.05, 0) is 60.1 Å². The van der Waals surface area contributed by atoms with Gasteiger partial charge in [0.05, 0.1) is 24.4 Å². The topological polar surface area (TPSA) is 69.2 Å². The number of amides is 1. The standard InChI is InChI=1S/C19H21BrN2O4/c1-4-25-17-10-9-15(24-3)11-14(17)12-21-22-19(23)13(2)26-18-8-6-5-7-16(18)20/h5-13H,4H2,1-3H3,(H,22,23)/b21-12-/t13-/m0/s1. The zero-order chi connectivity index (χ0) is 18.9. The fraction of sp³-hybridized carbons (Fsp3) is 0.263. The number of methoxy groups -OCH3 is 1. The molecular formula is C19H21BrN2O4. The highest BCUT2D eigenvalue weighted by Gasteiger charge is 2.15. The van der Waals surface area contributed by atoms with Gasteiger partial charge in [-0.25, -0.2) is 5.43 Å². The second-order valence-corrected chi connectivity index (χ2v) is 6.12. The SMILES string of the molecule is CCOc1ccc(OC)cc1/C=N\NC(=O)[C@H](C)Oc1ccccc1Br. The molecule has 1 atom stereocenters. The molecule has 6 nitrogen and oxygen atoms in total. The first-order valence-electron chi connectivity index (χ1n) is 8.10. The van der Waals surface area contributed by atoms with Gasteiger partial charge in [0.25, 0.3) is 5.91 Å². The maximum atomic E-state index is 12.2. The molecule has 7 heteroatoms. The number of hydrogen-bond acceptors (Lipinski definition) is 5. The minimum atomic E-state index is -0.706. The Morgan fingerprint density at radius 2 is 2.04 bits per heavy atom. The van der Waals surface area contributed by atoms with E-state index in [-0.39, 0.29) is 5.91 Å². The molecule has 0 aliphatic heterocycles. The van der Waals surface area contributed by atoms with Crippen molar-refractivity contribution < 1.29 is 19.0 Å². The molecule has 2 aromatic carbocycles. The van der Waals surface area contributed by atoms with Crippen LogP contribution in [0.25, 0.3) is 0 Å². The molecule has 2 rings (SSSR count). The van der Waals surface area contributed by atoms with Crippen molar-refractivity contribution in [1.29, 1.82) is 0 Å². The zero-order valence-corrected chi connectivity index (χ0v) is 16.4. The van der Waals surface area contributed by atoms with E-state index in [0.717, 1.165) is 4.47 Å². The van der Waals surface area contributed by atoms with E-state index in [1.807, 2.05) is 25.1 Å². The van der Waals surface area contributed by atoms with Crippen LogP contribution in [0.15, 0.2) is 52.0 Å². The van der Waals surface area contributed by atoms with Crippen LogP contribution in [0.3, 0.4) is 0 Å². The van der Waals surface area contributed by atoms with Crippen molar-refractivity contribution in [3.05, 3.63) is 52.5 Å². The van der Waals surface area contributed by atoms with Crippen LogP contribution >= 0.6 is 15.9 Å². The molecule has 138 valence electrons. The van der Waals surface area contributed by atoms with Crippen LogP contribution in [0, 0.1) is 0 Å². The van der Waals surface area contributed by atoms with Crippen LogP contribution in [0.5, 0.6) is 17.2 Å². The Bertz CT molecular complexity index is 780. The molecule has 0 aliphatic rings. The molecule has 0 fully saturated rings. The average Bonchev–Trinajstić information content (AvgIpc) is 2.64. The summed E-state index contributed by atoms with van der Waals surface area (Å²) in [5.41, 5.74) is 3.17. The number of carbonyl (C=O) groups is 1. The molecule has 2 aromatic rings. The minimum Gasteiger partial charge on any atom is -0.497 e. The first kappa shape index (κ1) is 19.8. The third-order valence-electron chi connectivity index (χ3n) is 3.40. The van der Waals surface area contributed by atoms with E-state index >= 15 is 0 Å². The lowest BCUT2D eigenvalue weighted by Gasteiger charge is -2.14. The average molecular weight is 421 g/mol. The Labute approximate surface area is 161 Å². The number of rotatable bonds is 8. The van der Waals surface area contributed by atoms with Gasteiger partial charge >= 0.3 is 0 Å². The summed E-state index contributed by atoms with van der Waals surface area (Å²) in [6.45, 7) is 4.07. The Morgan fingerprint density at radius 1 is 1.27 bits per heavy atom. The van der Waals surface area contributed by atoms with Gasteiger partial charge < -0.3 is 14.2 Å². The second-order valence-electron chi connectivity index (χ2n) is 5.26. The smallest absolute Gasteiger partial charge is 0.280 e. The largest absolute Gasteiger partial charge is 0.497 e. The van der Waals surface area contributed by atoms with Gasteiger partial charge in [0.2, 0.25) is 0 Å². The molecule has 0 saturated carbocycles. The molecule has 0 bridgehead atoms. The predicted molar refractivity (Wildman–Crippen MR) is 104 cm³/mol. The Kier molecular flexibility index (Phi) is 7.47. The third kappa shape index (κ3) is 5.49. The number of hydrogen-bond donors (Lipinski definition) is 1. The first-order valence-corrected chi connectivity index (χ1v) is 8.89. The van der Waals surface area contributed by atoms with E-state index in [2.05, 4.69) is 26.5 Å². The lowest BCUT2D eigenvalue weighted by molar-refractivity contribution is -0.127. The van der Waals surface area contributed by atoms with Crippen molar-refractivity contribution in [3.8, 4) is 17.2 Å². The molecule has 0 saturated heterocycles. The Morgan fingerprint density at radius 3 is 2.73 bits per heavy atom. The van der Waals surface area contributed by atoms with E-state index < -0.39 is 6.10 Å². The molecule has 1 N–H and O–H groups in total. The van der Waals surface area contributed by atoms with Gasteiger partial charge in [-0.2, -0.15) is 5.10 Å². The number of ether oxygens (including phenoxy) is 3. The van der Waals surface area contributed by atoms with Crippen LogP contribution in [-0.2, 0) is 4.79 Å². The van der Waals surface area contributed by atoms with Gasteiger partial charge in [0, 0.05) is 5.56 Å². The van der Waals surface area contributed by atoms with E-state index in [9.17, 15) is 4.79 Å². The highest BCUT2D eigenvalue weighted by Crippen LogP contribution is 2.25.